The predicted molar refractivity (Wildman–Crippen MR) is 76.2 cm³/mol. The normalized spacial score (nSPS) is 13.9. The van der Waals surface area contributed by atoms with Crippen molar-refractivity contribution in [3.63, 3.8) is 0 Å². The quantitative estimate of drug-likeness (QED) is 0.634. The van der Waals surface area contributed by atoms with Crippen molar-refractivity contribution in [1.29, 1.82) is 0 Å². The molecular formula is C13H10ClN5O2. The Balaban J connectivity index is 1.73. The first kappa shape index (κ1) is 12.3. The number of halogens is 1. The molecule has 3 aromatic rings. The first-order chi connectivity index (χ1) is 10.1. The first-order valence-corrected chi connectivity index (χ1v) is 6.72. The highest BCUT2D eigenvalue weighted by Crippen LogP contribution is 2.28. The van der Waals surface area contributed by atoms with Crippen LogP contribution in [0.1, 0.15) is 11.3 Å². The van der Waals surface area contributed by atoms with E-state index in [-0.39, 0.29) is 5.56 Å². The van der Waals surface area contributed by atoms with Crippen LogP contribution in [0.25, 0.3) is 11.2 Å². The summed E-state index contributed by atoms with van der Waals surface area (Å²) < 4.78 is 7.01. The van der Waals surface area contributed by atoms with Crippen LogP contribution in [0.4, 0.5) is 6.01 Å². The second-order valence-corrected chi connectivity index (χ2v) is 5.27. The number of aromatic nitrogens is 4. The molecule has 1 aliphatic rings. The van der Waals surface area contributed by atoms with Crippen LogP contribution in [0.15, 0.2) is 27.4 Å². The topological polar surface area (TPSA) is 77.1 Å². The fourth-order valence-corrected chi connectivity index (χ4v) is 2.53. The Bertz CT molecular complexity index is 917. The summed E-state index contributed by atoms with van der Waals surface area (Å²) >= 11 is 5.84. The van der Waals surface area contributed by atoms with Crippen molar-refractivity contribution >= 4 is 28.8 Å². The molecule has 0 radical (unpaired) electrons. The van der Waals surface area contributed by atoms with Gasteiger partial charge in [0.2, 0.25) is 5.65 Å². The molecule has 3 aromatic heterocycles. The van der Waals surface area contributed by atoms with Crippen molar-refractivity contribution in [3.05, 3.63) is 45.0 Å². The third-order valence-electron chi connectivity index (χ3n) is 3.44. The van der Waals surface area contributed by atoms with Gasteiger partial charge in [-0.3, -0.25) is 4.79 Å². The molecule has 0 amide bonds. The van der Waals surface area contributed by atoms with Crippen LogP contribution >= 0.6 is 11.6 Å². The average Bonchev–Trinajstić information content (AvgIpc) is 3.02. The van der Waals surface area contributed by atoms with Crippen LogP contribution < -0.4 is 10.5 Å². The third kappa shape index (κ3) is 1.97. The van der Waals surface area contributed by atoms with Crippen LogP contribution in [0.2, 0.25) is 5.15 Å². The molecular weight excluding hydrogens is 294 g/mol. The van der Waals surface area contributed by atoms with E-state index in [1.54, 1.807) is 25.2 Å². The minimum absolute atomic E-state index is 0.124. The van der Waals surface area contributed by atoms with E-state index >= 15 is 0 Å². The van der Waals surface area contributed by atoms with Crippen LogP contribution in [0.5, 0.6) is 0 Å². The lowest BCUT2D eigenvalue weighted by atomic mass is 10.2. The summed E-state index contributed by atoms with van der Waals surface area (Å²) in [5, 5.41) is 4.63. The van der Waals surface area contributed by atoms with Gasteiger partial charge in [0.05, 0.1) is 12.2 Å². The van der Waals surface area contributed by atoms with Crippen molar-refractivity contribution in [2.24, 2.45) is 7.05 Å². The Hall–Kier alpha value is -2.41. The van der Waals surface area contributed by atoms with Crippen LogP contribution in [-0.4, -0.2) is 19.7 Å². The molecule has 4 heterocycles. The van der Waals surface area contributed by atoms with Gasteiger partial charge in [0.15, 0.2) is 5.58 Å². The van der Waals surface area contributed by atoms with Gasteiger partial charge in [0.25, 0.3) is 5.56 Å². The Morgan fingerprint density at radius 3 is 3.00 bits per heavy atom. The second kappa shape index (κ2) is 4.29. The van der Waals surface area contributed by atoms with Gasteiger partial charge in [-0.1, -0.05) is 11.6 Å². The number of oxazole rings is 1. The van der Waals surface area contributed by atoms with Crippen molar-refractivity contribution in [2.45, 2.75) is 13.1 Å². The van der Waals surface area contributed by atoms with E-state index in [1.165, 1.54) is 4.68 Å². The Morgan fingerprint density at radius 2 is 2.14 bits per heavy atom. The molecule has 106 valence electrons. The van der Waals surface area contributed by atoms with E-state index in [2.05, 4.69) is 15.1 Å². The van der Waals surface area contributed by atoms with Crippen LogP contribution in [0.3, 0.4) is 0 Å². The fourth-order valence-electron chi connectivity index (χ4n) is 2.39. The summed E-state index contributed by atoms with van der Waals surface area (Å²) in [5.74, 6) is 0. The highest BCUT2D eigenvalue weighted by Gasteiger charge is 2.25. The van der Waals surface area contributed by atoms with E-state index < -0.39 is 0 Å². The Kier molecular flexibility index (Phi) is 2.52. The molecule has 0 saturated carbocycles. The van der Waals surface area contributed by atoms with Crippen molar-refractivity contribution < 1.29 is 4.42 Å². The van der Waals surface area contributed by atoms with Gasteiger partial charge in [-0.05, 0) is 12.1 Å². The molecule has 8 heteroatoms. The van der Waals surface area contributed by atoms with Gasteiger partial charge in [-0.15, -0.1) is 0 Å². The van der Waals surface area contributed by atoms with Crippen LogP contribution in [-0.2, 0) is 20.1 Å². The molecule has 4 rings (SSSR count). The van der Waals surface area contributed by atoms with Gasteiger partial charge in [-0.2, -0.15) is 10.1 Å². The van der Waals surface area contributed by atoms with E-state index in [1.807, 2.05) is 4.90 Å². The van der Waals surface area contributed by atoms with E-state index in [9.17, 15) is 4.79 Å². The first-order valence-electron chi connectivity index (χ1n) is 6.34. The summed E-state index contributed by atoms with van der Waals surface area (Å²) in [6, 6.07) is 5.44. The minimum atomic E-state index is -0.124. The molecule has 0 bridgehead atoms. The molecule has 1 aliphatic heterocycles. The molecule has 0 saturated heterocycles. The zero-order valence-corrected chi connectivity index (χ0v) is 11.8. The van der Waals surface area contributed by atoms with Gasteiger partial charge in [-0.25, -0.2) is 9.67 Å². The van der Waals surface area contributed by atoms with Crippen molar-refractivity contribution in [1.82, 2.24) is 19.7 Å². The highest BCUT2D eigenvalue weighted by molar-refractivity contribution is 6.29. The predicted octanol–water partition coefficient (Wildman–Crippen LogP) is 1.49. The number of fused-ring (bicyclic) bond motifs is 2. The molecule has 0 spiro atoms. The van der Waals surface area contributed by atoms with Gasteiger partial charge in [0.1, 0.15) is 5.15 Å². The highest BCUT2D eigenvalue weighted by atomic mass is 35.5. The van der Waals surface area contributed by atoms with Crippen LogP contribution in [0, 0.1) is 0 Å². The van der Waals surface area contributed by atoms with Gasteiger partial charge in [0, 0.05) is 25.2 Å². The molecule has 7 nitrogen and oxygen atoms in total. The summed E-state index contributed by atoms with van der Waals surface area (Å²) in [5.41, 5.74) is 2.67. The van der Waals surface area contributed by atoms with E-state index in [0.717, 1.165) is 11.3 Å². The number of rotatable bonds is 1. The van der Waals surface area contributed by atoms with Gasteiger partial charge < -0.3 is 9.32 Å². The molecule has 0 atom stereocenters. The molecule has 0 unspecified atom stereocenters. The molecule has 0 fully saturated rings. The number of anilines is 1. The van der Waals surface area contributed by atoms with Crippen molar-refractivity contribution in [3.8, 4) is 0 Å². The van der Waals surface area contributed by atoms with E-state index in [0.29, 0.717) is 35.5 Å². The van der Waals surface area contributed by atoms with Crippen molar-refractivity contribution in [2.75, 3.05) is 4.90 Å². The maximum atomic E-state index is 11.6. The number of hydrogen-bond donors (Lipinski definition) is 0. The lowest BCUT2D eigenvalue weighted by Crippen LogP contribution is -2.20. The number of hydrogen-bond acceptors (Lipinski definition) is 6. The summed E-state index contributed by atoms with van der Waals surface area (Å²) in [6.07, 6.45) is 0. The zero-order valence-electron chi connectivity index (χ0n) is 11.1. The van der Waals surface area contributed by atoms with Gasteiger partial charge >= 0.3 is 6.01 Å². The molecule has 0 N–H and O–H groups in total. The fraction of sp³-hybridized carbons (Fsp3) is 0.231. The number of aryl methyl sites for hydroxylation is 1. The second-order valence-electron chi connectivity index (χ2n) is 4.89. The lowest BCUT2D eigenvalue weighted by molar-refractivity contribution is 0.571. The Labute approximate surface area is 123 Å². The molecule has 0 aliphatic carbocycles. The standard InChI is InChI=1S/C13H10ClN5O2/c1-18-11(20)4-7-5-19(6-8(7)17-18)13-16-12-9(21-13)2-3-10(14)15-12/h2-4H,5-6H2,1H3. The molecule has 21 heavy (non-hydrogen) atoms. The summed E-state index contributed by atoms with van der Waals surface area (Å²) in [6.45, 7) is 1.09. The number of nitrogens with zero attached hydrogens (tertiary/aromatic N) is 5. The average molecular weight is 304 g/mol. The summed E-state index contributed by atoms with van der Waals surface area (Å²) in [4.78, 5) is 22.0. The maximum absolute atomic E-state index is 11.6. The van der Waals surface area contributed by atoms with E-state index in [4.69, 9.17) is 16.0 Å². The Morgan fingerprint density at radius 1 is 1.29 bits per heavy atom. The lowest BCUT2D eigenvalue weighted by Gasteiger charge is -2.10. The minimum Gasteiger partial charge on any atom is -0.422 e. The SMILES string of the molecule is Cn1nc2c(cc1=O)CN(c1nc3nc(Cl)ccc3o1)C2. The summed E-state index contributed by atoms with van der Waals surface area (Å²) in [7, 11) is 1.64. The third-order valence-corrected chi connectivity index (χ3v) is 3.65. The monoisotopic (exact) mass is 303 g/mol. The maximum Gasteiger partial charge on any atom is 0.300 e. The largest absolute Gasteiger partial charge is 0.422 e. The number of pyridine rings is 1. The molecule has 0 aromatic carbocycles. The smallest absolute Gasteiger partial charge is 0.300 e. The zero-order chi connectivity index (χ0) is 14.6.